The fourth-order valence-electron chi connectivity index (χ4n) is 2.75. The molecule has 5 nitrogen and oxygen atoms in total. The summed E-state index contributed by atoms with van der Waals surface area (Å²) < 4.78 is 5.55. The number of ether oxygens (including phenoxy) is 1. The van der Waals surface area contributed by atoms with Gasteiger partial charge in [0.2, 0.25) is 0 Å². The maximum Gasteiger partial charge on any atom is 0.321 e. The lowest BCUT2D eigenvalue weighted by atomic mass is 10.1. The second kappa shape index (κ2) is 10.3. The van der Waals surface area contributed by atoms with E-state index in [-0.39, 0.29) is 12.8 Å². The number of carbonyl (C=O) groups is 1. The molecular formula is C21H29N3O2. The zero-order valence-electron chi connectivity index (χ0n) is 15.9. The lowest BCUT2D eigenvalue weighted by Gasteiger charge is -2.21. The predicted molar refractivity (Wildman–Crippen MR) is 108 cm³/mol. The van der Waals surface area contributed by atoms with Gasteiger partial charge in [-0.05, 0) is 62.2 Å². The van der Waals surface area contributed by atoms with Crippen molar-refractivity contribution in [1.29, 1.82) is 0 Å². The zero-order chi connectivity index (χ0) is 18.8. The molecule has 0 aromatic heterocycles. The highest BCUT2D eigenvalue weighted by Crippen LogP contribution is 2.17. The van der Waals surface area contributed by atoms with Crippen molar-refractivity contribution in [3.05, 3.63) is 54.1 Å². The number of carbonyl (C=O) groups excluding carboxylic acids is 1. The number of aryl methyl sites for hydroxylation is 1. The van der Waals surface area contributed by atoms with Crippen LogP contribution in [0.2, 0.25) is 0 Å². The summed E-state index contributed by atoms with van der Waals surface area (Å²) in [4.78, 5) is 14.2. The summed E-state index contributed by atoms with van der Waals surface area (Å²) in [6.07, 6.45) is 2.19. The van der Waals surface area contributed by atoms with Crippen molar-refractivity contribution in [2.75, 3.05) is 30.0 Å². The minimum atomic E-state index is -0.289. The molecule has 2 amide bonds. The fraction of sp³-hybridized carbons (Fsp3) is 0.381. The van der Waals surface area contributed by atoms with Crippen LogP contribution in [0.25, 0.3) is 0 Å². The van der Waals surface area contributed by atoms with Crippen molar-refractivity contribution in [3.8, 4) is 5.75 Å². The number of urea groups is 1. The number of nitrogens with one attached hydrogen (secondary N) is 2. The Morgan fingerprint density at radius 1 is 0.962 bits per heavy atom. The van der Waals surface area contributed by atoms with Crippen molar-refractivity contribution < 1.29 is 9.53 Å². The molecule has 0 fully saturated rings. The van der Waals surface area contributed by atoms with Gasteiger partial charge in [-0.15, -0.1) is 0 Å². The molecule has 0 spiro atoms. The molecule has 0 aliphatic heterocycles. The Labute approximate surface area is 156 Å². The standard InChI is InChI=1S/C21H29N3O2/c1-4-7-17-8-14-20(15-9-17)26-16-22-21(25)23-18-10-12-19(13-11-18)24(5-2)6-3/h8-15H,4-7,16H2,1-3H3,(H2,22,23,25). The van der Waals surface area contributed by atoms with Crippen LogP contribution in [-0.2, 0) is 6.42 Å². The first kappa shape index (κ1) is 19.6. The Morgan fingerprint density at radius 3 is 2.19 bits per heavy atom. The van der Waals surface area contributed by atoms with Gasteiger partial charge >= 0.3 is 6.03 Å². The van der Waals surface area contributed by atoms with Gasteiger partial charge in [-0.3, -0.25) is 0 Å². The summed E-state index contributed by atoms with van der Waals surface area (Å²) >= 11 is 0. The molecule has 0 radical (unpaired) electrons. The highest BCUT2D eigenvalue weighted by atomic mass is 16.5. The zero-order valence-corrected chi connectivity index (χ0v) is 15.9. The Morgan fingerprint density at radius 2 is 1.62 bits per heavy atom. The second-order valence-electron chi connectivity index (χ2n) is 6.03. The molecule has 0 aliphatic rings. The lowest BCUT2D eigenvalue weighted by molar-refractivity contribution is 0.234. The van der Waals surface area contributed by atoms with Gasteiger partial charge in [0.15, 0.2) is 6.73 Å². The smallest absolute Gasteiger partial charge is 0.321 e. The average Bonchev–Trinajstić information content (AvgIpc) is 2.66. The first-order chi connectivity index (χ1) is 12.7. The van der Waals surface area contributed by atoms with Crippen LogP contribution in [0, 0.1) is 0 Å². The molecule has 0 unspecified atom stereocenters. The van der Waals surface area contributed by atoms with Gasteiger partial charge in [-0.1, -0.05) is 25.5 Å². The first-order valence-corrected chi connectivity index (χ1v) is 9.27. The van der Waals surface area contributed by atoms with E-state index < -0.39 is 0 Å². The van der Waals surface area contributed by atoms with Crippen molar-refractivity contribution in [3.63, 3.8) is 0 Å². The van der Waals surface area contributed by atoms with Gasteiger partial charge in [0.25, 0.3) is 0 Å². The van der Waals surface area contributed by atoms with Gasteiger partial charge in [0.1, 0.15) is 5.75 Å². The third-order valence-electron chi connectivity index (χ3n) is 4.19. The predicted octanol–water partition coefficient (Wildman–Crippen LogP) is 4.64. The molecule has 0 heterocycles. The van der Waals surface area contributed by atoms with E-state index in [0.717, 1.165) is 43.1 Å². The van der Waals surface area contributed by atoms with E-state index >= 15 is 0 Å². The molecule has 2 rings (SSSR count). The molecule has 2 aromatic carbocycles. The molecule has 0 atom stereocenters. The lowest BCUT2D eigenvalue weighted by Crippen LogP contribution is -2.32. The van der Waals surface area contributed by atoms with Crippen molar-refractivity contribution in [1.82, 2.24) is 5.32 Å². The first-order valence-electron chi connectivity index (χ1n) is 9.27. The number of rotatable bonds is 9. The summed E-state index contributed by atoms with van der Waals surface area (Å²) in [5, 5.41) is 5.50. The van der Waals surface area contributed by atoms with E-state index in [1.165, 1.54) is 5.56 Å². The third kappa shape index (κ3) is 5.99. The van der Waals surface area contributed by atoms with E-state index in [2.05, 4.69) is 48.4 Å². The van der Waals surface area contributed by atoms with Crippen LogP contribution in [0.3, 0.4) is 0 Å². The Hall–Kier alpha value is -2.69. The summed E-state index contributed by atoms with van der Waals surface area (Å²) in [6.45, 7) is 8.45. The minimum absolute atomic E-state index is 0.122. The molecule has 0 bridgehead atoms. The molecular weight excluding hydrogens is 326 g/mol. The van der Waals surface area contributed by atoms with Crippen molar-refractivity contribution in [2.24, 2.45) is 0 Å². The number of anilines is 2. The summed E-state index contributed by atoms with van der Waals surface area (Å²) in [5.41, 5.74) is 3.19. The van der Waals surface area contributed by atoms with Gasteiger partial charge in [0, 0.05) is 24.5 Å². The van der Waals surface area contributed by atoms with E-state index in [0.29, 0.717) is 0 Å². The molecule has 0 saturated carbocycles. The second-order valence-corrected chi connectivity index (χ2v) is 6.03. The molecule has 140 valence electrons. The van der Waals surface area contributed by atoms with Crippen molar-refractivity contribution in [2.45, 2.75) is 33.6 Å². The van der Waals surface area contributed by atoms with Crippen LogP contribution in [0.15, 0.2) is 48.5 Å². The van der Waals surface area contributed by atoms with E-state index in [1.807, 2.05) is 36.4 Å². The SMILES string of the molecule is CCCc1ccc(OCNC(=O)Nc2ccc(N(CC)CC)cc2)cc1. The number of benzene rings is 2. The summed E-state index contributed by atoms with van der Waals surface area (Å²) in [6, 6.07) is 15.5. The Bertz CT molecular complexity index is 665. The van der Waals surface area contributed by atoms with Gasteiger partial charge in [-0.25, -0.2) is 4.79 Å². The highest BCUT2D eigenvalue weighted by Gasteiger charge is 2.04. The number of hydrogen-bond acceptors (Lipinski definition) is 3. The maximum atomic E-state index is 12.0. The Kier molecular flexibility index (Phi) is 7.80. The van der Waals surface area contributed by atoms with E-state index in [4.69, 9.17) is 4.74 Å². The maximum absolute atomic E-state index is 12.0. The van der Waals surface area contributed by atoms with Crippen molar-refractivity contribution >= 4 is 17.4 Å². The van der Waals surface area contributed by atoms with E-state index in [9.17, 15) is 4.79 Å². The van der Waals surface area contributed by atoms with Crippen LogP contribution in [0.5, 0.6) is 5.75 Å². The van der Waals surface area contributed by atoms with Crippen LogP contribution in [0.4, 0.5) is 16.2 Å². The van der Waals surface area contributed by atoms with E-state index in [1.54, 1.807) is 0 Å². The van der Waals surface area contributed by atoms with Gasteiger partial charge < -0.3 is 20.3 Å². The molecule has 26 heavy (non-hydrogen) atoms. The monoisotopic (exact) mass is 355 g/mol. The number of hydrogen-bond donors (Lipinski definition) is 2. The minimum Gasteiger partial charge on any atom is -0.473 e. The van der Waals surface area contributed by atoms with Gasteiger partial charge in [-0.2, -0.15) is 0 Å². The van der Waals surface area contributed by atoms with Crippen LogP contribution < -0.4 is 20.3 Å². The normalized spacial score (nSPS) is 10.3. The quantitative estimate of drug-likeness (QED) is 0.644. The third-order valence-corrected chi connectivity index (χ3v) is 4.19. The van der Waals surface area contributed by atoms with Crippen LogP contribution in [0.1, 0.15) is 32.8 Å². The Balaban J connectivity index is 1.76. The topological polar surface area (TPSA) is 53.6 Å². The van der Waals surface area contributed by atoms with Gasteiger partial charge in [0.05, 0.1) is 0 Å². The average molecular weight is 355 g/mol. The summed E-state index contributed by atoms with van der Waals surface area (Å²) in [5.74, 6) is 0.744. The molecule has 0 aliphatic carbocycles. The molecule has 0 saturated heterocycles. The summed E-state index contributed by atoms with van der Waals surface area (Å²) in [7, 11) is 0. The molecule has 5 heteroatoms. The van der Waals surface area contributed by atoms with Crippen LogP contribution in [-0.4, -0.2) is 25.9 Å². The highest BCUT2D eigenvalue weighted by molar-refractivity contribution is 5.89. The number of nitrogens with zero attached hydrogens (tertiary/aromatic N) is 1. The number of amides is 2. The molecule has 2 N–H and O–H groups in total. The fourth-order valence-corrected chi connectivity index (χ4v) is 2.75. The van der Waals surface area contributed by atoms with Crippen LogP contribution >= 0.6 is 0 Å². The molecule has 2 aromatic rings. The largest absolute Gasteiger partial charge is 0.473 e.